The quantitative estimate of drug-likeness (QED) is 0.321. The van der Waals surface area contributed by atoms with Crippen LogP contribution < -0.4 is 9.47 Å². The lowest BCUT2D eigenvalue weighted by atomic mass is 9.85. The van der Waals surface area contributed by atoms with Crippen LogP contribution in [-0.4, -0.2) is 7.05 Å². The molecular formula is C28H29N2+. The van der Waals surface area contributed by atoms with E-state index in [2.05, 4.69) is 86.1 Å². The summed E-state index contributed by atoms with van der Waals surface area (Å²) < 4.78 is 2.33. The Bertz CT molecular complexity index is 1340. The second-order valence-corrected chi connectivity index (χ2v) is 9.34. The average Bonchev–Trinajstić information content (AvgIpc) is 3.30. The van der Waals surface area contributed by atoms with Gasteiger partial charge in [0.2, 0.25) is 5.69 Å². The van der Waals surface area contributed by atoms with Crippen LogP contribution in [0.15, 0.2) is 48.7 Å². The molecule has 2 aliphatic rings. The van der Waals surface area contributed by atoms with Gasteiger partial charge in [-0.25, -0.2) is 4.57 Å². The smallest absolute Gasteiger partial charge is 0.224 e. The molecule has 1 saturated carbocycles. The molecule has 1 aliphatic carbocycles. The van der Waals surface area contributed by atoms with Crippen LogP contribution in [0, 0.1) is 13.8 Å². The second-order valence-electron chi connectivity index (χ2n) is 9.34. The van der Waals surface area contributed by atoms with Crippen LogP contribution in [0.4, 0.5) is 11.4 Å². The molecule has 3 aromatic carbocycles. The Morgan fingerprint density at radius 3 is 2.37 bits per heavy atom. The Balaban J connectivity index is 1.76. The van der Waals surface area contributed by atoms with Crippen LogP contribution in [-0.2, 0) is 7.05 Å². The molecule has 2 nitrogen and oxygen atoms in total. The van der Waals surface area contributed by atoms with Crippen molar-refractivity contribution < 1.29 is 4.57 Å². The monoisotopic (exact) mass is 393 g/mol. The minimum atomic E-state index is 0.720. The number of hydrogen-bond donors (Lipinski definition) is 0. The number of fused-ring (bicyclic) bond motifs is 3. The highest BCUT2D eigenvalue weighted by Gasteiger charge is 2.33. The van der Waals surface area contributed by atoms with Gasteiger partial charge in [-0.15, -0.1) is 0 Å². The Labute approximate surface area is 178 Å². The Hall–Kier alpha value is -2.87. The molecule has 2 heterocycles. The van der Waals surface area contributed by atoms with Crippen molar-refractivity contribution >= 4 is 32.9 Å². The minimum Gasteiger partial charge on any atom is -0.343 e. The van der Waals surface area contributed by atoms with Crippen LogP contribution in [0.1, 0.15) is 48.3 Å². The van der Waals surface area contributed by atoms with E-state index in [4.69, 9.17) is 0 Å². The van der Waals surface area contributed by atoms with E-state index in [0.29, 0.717) is 0 Å². The van der Waals surface area contributed by atoms with Gasteiger partial charge in [-0.2, -0.15) is 0 Å². The van der Waals surface area contributed by atoms with Gasteiger partial charge < -0.3 is 4.90 Å². The van der Waals surface area contributed by atoms with Crippen molar-refractivity contribution in [1.82, 2.24) is 0 Å². The molecule has 0 spiro atoms. The van der Waals surface area contributed by atoms with Crippen molar-refractivity contribution in [1.29, 1.82) is 0 Å². The normalized spacial score (nSPS) is 15.9. The van der Waals surface area contributed by atoms with Gasteiger partial charge in [0.15, 0.2) is 6.20 Å². The number of anilines is 2. The number of aryl methyl sites for hydroxylation is 3. The van der Waals surface area contributed by atoms with Crippen LogP contribution in [0.5, 0.6) is 0 Å². The molecular weight excluding hydrogens is 364 g/mol. The van der Waals surface area contributed by atoms with Gasteiger partial charge in [0, 0.05) is 13.1 Å². The Morgan fingerprint density at radius 2 is 1.63 bits per heavy atom. The lowest BCUT2D eigenvalue weighted by Crippen LogP contribution is -2.33. The summed E-state index contributed by atoms with van der Waals surface area (Å²) in [4.78, 5) is 2.47. The zero-order valence-electron chi connectivity index (χ0n) is 18.4. The number of hydrogen-bond acceptors (Lipinski definition) is 1. The van der Waals surface area contributed by atoms with E-state index in [1.165, 1.54) is 86.6 Å². The summed E-state index contributed by atoms with van der Waals surface area (Å²) in [6.07, 6.45) is 7.66. The lowest BCUT2D eigenvalue weighted by Gasteiger charge is -2.32. The summed E-state index contributed by atoms with van der Waals surface area (Å²) >= 11 is 0. The highest BCUT2D eigenvalue weighted by molar-refractivity contribution is 6.14. The Kier molecular flexibility index (Phi) is 3.78. The van der Waals surface area contributed by atoms with E-state index in [1.54, 1.807) is 0 Å². The van der Waals surface area contributed by atoms with Crippen molar-refractivity contribution in [2.75, 3.05) is 11.9 Å². The van der Waals surface area contributed by atoms with Gasteiger partial charge in [-0.05, 0) is 71.5 Å². The maximum atomic E-state index is 2.49. The molecule has 1 fully saturated rings. The van der Waals surface area contributed by atoms with Crippen molar-refractivity contribution in [3.63, 3.8) is 0 Å². The molecule has 0 atom stereocenters. The number of aromatic nitrogens is 1. The van der Waals surface area contributed by atoms with Crippen molar-refractivity contribution in [3.05, 3.63) is 65.4 Å². The summed E-state index contributed by atoms with van der Waals surface area (Å²) in [7, 11) is 4.46. The van der Waals surface area contributed by atoms with E-state index < -0.39 is 0 Å². The number of rotatable bonds is 1. The second kappa shape index (κ2) is 6.31. The fourth-order valence-electron chi connectivity index (χ4n) is 6.16. The van der Waals surface area contributed by atoms with Crippen molar-refractivity contribution in [2.45, 2.75) is 45.4 Å². The fourth-order valence-corrected chi connectivity index (χ4v) is 6.16. The van der Waals surface area contributed by atoms with E-state index in [9.17, 15) is 0 Å². The van der Waals surface area contributed by atoms with E-state index in [1.807, 2.05) is 0 Å². The molecule has 2 heteroatoms. The first kappa shape index (κ1) is 17.9. The highest BCUT2D eigenvalue weighted by Crippen LogP contribution is 2.51. The van der Waals surface area contributed by atoms with Gasteiger partial charge in [0.25, 0.3) is 0 Å². The molecule has 0 unspecified atom stereocenters. The standard InChI is InChI=1S/C28H29N2/c1-17-22-11-7-8-12-23(22)18(2)27-25(17)28-26-20(13-14-29(28)3)15-21(16-24(26)30(27)4)19-9-5-6-10-19/h7-8,11-16,19H,5-6,9-10H2,1-4H3/q+1. The van der Waals surface area contributed by atoms with Crippen LogP contribution >= 0.6 is 0 Å². The molecule has 0 bridgehead atoms. The molecule has 0 amide bonds. The maximum absolute atomic E-state index is 2.49. The summed E-state index contributed by atoms with van der Waals surface area (Å²) in [5, 5.41) is 5.51. The minimum absolute atomic E-state index is 0.720. The third-order valence-corrected chi connectivity index (χ3v) is 7.70. The van der Waals surface area contributed by atoms with E-state index in [0.717, 1.165) is 5.92 Å². The fraction of sp³-hybridized carbons (Fsp3) is 0.321. The van der Waals surface area contributed by atoms with Gasteiger partial charge in [0.1, 0.15) is 7.05 Å². The lowest BCUT2D eigenvalue weighted by molar-refractivity contribution is -0.659. The van der Waals surface area contributed by atoms with Gasteiger partial charge in [-0.3, -0.25) is 0 Å². The number of benzene rings is 3. The van der Waals surface area contributed by atoms with Crippen LogP contribution in [0.25, 0.3) is 32.8 Å². The molecule has 6 rings (SSSR count). The zero-order valence-corrected chi connectivity index (χ0v) is 18.4. The van der Waals surface area contributed by atoms with Gasteiger partial charge in [0.05, 0.1) is 22.3 Å². The molecule has 30 heavy (non-hydrogen) atoms. The third kappa shape index (κ3) is 2.28. The molecule has 150 valence electrons. The van der Waals surface area contributed by atoms with Crippen molar-refractivity contribution in [3.8, 4) is 11.3 Å². The summed E-state index contributed by atoms with van der Waals surface area (Å²) in [5.74, 6) is 0.720. The third-order valence-electron chi connectivity index (χ3n) is 7.70. The zero-order chi connectivity index (χ0) is 20.6. The van der Waals surface area contributed by atoms with Gasteiger partial charge >= 0.3 is 0 Å². The number of nitrogens with zero attached hydrogens (tertiary/aromatic N) is 2. The number of pyridine rings is 1. The van der Waals surface area contributed by atoms with Gasteiger partial charge in [-0.1, -0.05) is 43.2 Å². The molecule has 4 aromatic rings. The molecule has 1 aliphatic heterocycles. The summed E-state index contributed by atoms with van der Waals surface area (Å²) in [6.45, 7) is 4.59. The molecule has 0 saturated heterocycles. The summed E-state index contributed by atoms with van der Waals surface area (Å²) in [6, 6.07) is 16.2. The van der Waals surface area contributed by atoms with Crippen LogP contribution in [0.2, 0.25) is 0 Å². The molecule has 1 aromatic heterocycles. The predicted octanol–water partition coefficient (Wildman–Crippen LogP) is 6.84. The highest BCUT2D eigenvalue weighted by atomic mass is 15.1. The maximum Gasteiger partial charge on any atom is 0.224 e. The summed E-state index contributed by atoms with van der Waals surface area (Å²) in [5.41, 5.74) is 9.77. The average molecular weight is 394 g/mol. The largest absolute Gasteiger partial charge is 0.343 e. The Morgan fingerprint density at radius 1 is 0.933 bits per heavy atom. The van der Waals surface area contributed by atoms with E-state index >= 15 is 0 Å². The first-order valence-electron chi connectivity index (χ1n) is 11.3. The SMILES string of the molecule is Cc1c2c(c(C)c3ccccc13)N(C)c1cc(C3CCCC3)cc3cc[n+](C)c-2c13. The van der Waals surface area contributed by atoms with E-state index in [-0.39, 0.29) is 0 Å². The predicted molar refractivity (Wildman–Crippen MR) is 127 cm³/mol. The van der Waals surface area contributed by atoms with Crippen LogP contribution in [0.3, 0.4) is 0 Å². The first-order chi connectivity index (χ1) is 14.6. The molecule has 0 radical (unpaired) electrons. The molecule has 0 N–H and O–H groups in total. The van der Waals surface area contributed by atoms with Crippen molar-refractivity contribution in [2.24, 2.45) is 7.05 Å². The topological polar surface area (TPSA) is 7.12 Å². The first-order valence-corrected chi connectivity index (χ1v) is 11.3.